The highest BCUT2D eigenvalue weighted by Crippen LogP contribution is 2.43. The molecule has 1 aliphatic heterocycles. The van der Waals surface area contributed by atoms with Gasteiger partial charge in [-0.1, -0.05) is 13.8 Å². The molecule has 3 aliphatic rings. The highest BCUT2D eigenvalue weighted by Gasteiger charge is 2.46. The molecule has 3 N–H and O–H groups in total. The lowest BCUT2D eigenvalue weighted by Gasteiger charge is -2.29. The number of primary amides is 1. The summed E-state index contributed by atoms with van der Waals surface area (Å²) in [6, 6.07) is 4.50. The summed E-state index contributed by atoms with van der Waals surface area (Å²) in [7, 11) is 1.35. The lowest BCUT2D eigenvalue weighted by Crippen LogP contribution is -2.31. The minimum atomic E-state index is -4.79. The third-order valence-corrected chi connectivity index (χ3v) is 7.87. The minimum absolute atomic E-state index is 0.000385. The normalized spacial score (nSPS) is 24.2. The number of methoxy groups -OCH3 is 1. The molecule has 1 saturated heterocycles. The molecule has 5 rings (SSSR count). The fourth-order valence-corrected chi connectivity index (χ4v) is 6.27. The van der Waals surface area contributed by atoms with Gasteiger partial charge < -0.3 is 20.7 Å². The number of rotatable bonds is 4. The van der Waals surface area contributed by atoms with Crippen molar-refractivity contribution in [2.75, 3.05) is 25.5 Å². The molecule has 1 aromatic heterocycles. The lowest BCUT2D eigenvalue weighted by atomic mass is 9.75. The Hall–Kier alpha value is -3.57. The van der Waals surface area contributed by atoms with E-state index in [9.17, 15) is 27.6 Å². The number of hydrogen-bond donors (Lipinski definition) is 2. The molecule has 0 radical (unpaired) electrons. The molecule has 2 aromatic rings. The number of anilines is 1. The maximum Gasteiger partial charge on any atom is 0.435 e. The lowest BCUT2D eigenvalue weighted by molar-refractivity contribution is -0.141. The summed E-state index contributed by atoms with van der Waals surface area (Å²) in [5.74, 6) is -0.718. The Balaban J connectivity index is 1.48. The second-order valence-electron chi connectivity index (χ2n) is 11.3. The van der Waals surface area contributed by atoms with Crippen molar-refractivity contribution in [2.24, 2.45) is 23.0 Å². The summed E-state index contributed by atoms with van der Waals surface area (Å²) in [5, 5.41) is 7.22. The topological polar surface area (TPSA) is 120 Å². The van der Waals surface area contributed by atoms with E-state index in [0.717, 1.165) is 12.8 Å². The number of amides is 2. The number of nitrogens with one attached hydrogen (secondary N) is 1. The van der Waals surface area contributed by atoms with Gasteiger partial charge in [0.2, 0.25) is 0 Å². The fourth-order valence-electron chi connectivity index (χ4n) is 6.27. The number of carbonyl (C=O) groups excluding carboxylic acids is 3. The van der Waals surface area contributed by atoms with E-state index in [1.54, 1.807) is 11.0 Å². The van der Waals surface area contributed by atoms with Crippen LogP contribution in [-0.2, 0) is 17.3 Å². The zero-order chi connectivity index (χ0) is 27.6. The van der Waals surface area contributed by atoms with E-state index in [4.69, 9.17) is 10.5 Å². The van der Waals surface area contributed by atoms with Crippen LogP contribution in [0.1, 0.15) is 65.2 Å². The van der Waals surface area contributed by atoms with Crippen LogP contribution in [0, 0.1) is 17.3 Å². The van der Waals surface area contributed by atoms with Gasteiger partial charge in [0.15, 0.2) is 11.5 Å². The summed E-state index contributed by atoms with van der Waals surface area (Å²) < 4.78 is 47.6. The molecule has 1 saturated carbocycles. The van der Waals surface area contributed by atoms with Crippen LogP contribution in [0.3, 0.4) is 0 Å². The van der Waals surface area contributed by atoms with E-state index in [1.165, 1.54) is 23.9 Å². The fraction of sp³-hybridized carbons (Fsp3) is 0.538. The first-order valence-electron chi connectivity index (χ1n) is 12.5. The maximum absolute atomic E-state index is 13.9. The van der Waals surface area contributed by atoms with E-state index in [2.05, 4.69) is 10.4 Å². The van der Waals surface area contributed by atoms with Crippen molar-refractivity contribution in [3.8, 4) is 5.69 Å². The number of aromatic nitrogens is 2. The molecule has 3 atom stereocenters. The van der Waals surface area contributed by atoms with Crippen molar-refractivity contribution in [2.45, 2.75) is 51.7 Å². The second kappa shape index (κ2) is 9.02. The highest BCUT2D eigenvalue weighted by molar-refractivity contribution is 6.00. The molecule has 2 heterocycles. The van der Waals surface area contributed by atoms with E-state index in [-0.39, 0.29) is 53.6 Å². The van der Waals surface area contributed by atoms with Gasteiger partial charge in [-0.25, -0.2) is 9.48 Å². The molecule has 12 heteroatoms. The van der Waals surface area contributed by atoms with Crippen molar-refractivity contribution in [1.29, 1.82) is 0 Å². The summed E-state index contributed by atoms with van der Waals surface area (Å²) in [6.45, 7) is 4.84. The predicted octanol–water partition coefficient (Wildman–Crippen LogP) is 4.03. The van der Waals surface area contributed by atoms with Gasteiger partial charge in [-0.05, 0) is 54.7 Å². The van der Waals surface area contributed by atoms with Gasteiger partial charge in [0.05, 0.1) is 29.6 Å². The molecule has 2 fully saturated rings. The number of alkyl halides is 3. The third-order valence-electron chi connectivity index (χ3n) is 7.87. The highest BCUT2D eigenvalue weighted by atomic mass is 19.4. The minimum Gasteiger partial charge on any atom is -0.453 e. The van der Waals surface area contributed by atoms with Crippen LogP contribution in [0.2, 0.25) is 0 Å². The number of halogens is 3. The van der Waals surface area contributed by atoms with Gasteiger partial charge in [-0.3, -0.25) is 9.59 Å². The zero-order valence-electron chi connectivity index (χ0n) is 21.4. The number of Topliss-reactive ketones (excluding diaryl/α,β-unsaturated/α-hetero) is 1. The monoisotopic (exact) mass is 533 g/mol. The molecule has 1 unspecified atom stereocenters. The Kier molecular flexibility index (Phi) is 6.18. The Morgan fingerprint density at radius 2 is 1.82 bits per heavy atom. The number of fused-ring (bicyclic) bond motifs is 2. The molecule has 9 nitrogen and oxygen atoms in total. The van der Waals surface area contributed by atoms with Crippen LogP contribution in [0.25, 0.3) is 5.69 Å². The first-order chi connectivity index (χ1) is 17.8. The van der Waals surface area contributed by atoms with Gasteiger partial charge in [0, 0.05) is 31.2 Å². The molecular weight excluding hydrogens is 503 g/mol. The summed E-state index contributed by atoms with van der Waals surface area (Å²) in [6.07, 6.45) is -3.41. The average Bonchev–Trinajstić information content (AvgIpc) is 3.48. The van der Waals surface area contributed by atoms with Gasteiger partial charge in [-0.15, -0.1) is 0 Å². The number of ketones is 1. The smallest absolute Gasteiger partial charge is 0.435 e. The van der Waals surface area contributed by atoms with Crippen molar-refractivity contribution >= 4 is 23.5 Å². The van der Waals surface area contributed by atoms with Crippen molar-refractivity contribution in [3.63, 3.8) is 0 Å². The van der Waals surface area contributed by atoms with Crippen LogP contribution < -0.4 is 11.1 Å². The second-order valence-corrected chi connectivity index (χ2v) is 11.3. The van der Waals surface area contributed by atoms with Crippen LogP contribution in [0.15, 0.2) is 18.2 Å². The maximum atomic E-state index is 13.9. The predicted molar refractivity (Wildman–Crippen MR) is 131 cm³/mol. The van der Waals surface area contributed by atoms with Crippen LogP contribution in [-0.4, -0.2) is 58.7 Å². The van der Waals surface area contributed by atoms with Crippen LogP contribution in [0.5, 0.6) is 0 Å². The van der Waals surface area contributed by atoms with E-state index < -0.39 is 29.0 Å². The van der Waals surface area contributed by atoms with E-state index >= 15 is 0 Å². The van der Waals surface area contributed by atoms with Gasteiger partial charge in [0.25, 0.3) is 5.91 Å². The molecule has 1 aromatic carbocycles. The Bertz CT molecular complexity index is 1300. The number of nitrogens with zero attached hydrogens (tertiary/aromatic N) is 3. The molecular formula is C26H30F3N5O4. The third kappa shape index (κ3) is 4.60. The van der Waals surface area contributed by atoms with Gasteiger partial charge in [-0.2, -0.15) is 18.3 Å². The molecule has 2 amide bonds. The number of ether oxygens (including phenoxy) is 1. The average molecular weight is 534 g/mol. The Morgan fingerprint density at radius 3 is 2.39 bits per heavy atom. The van der Waals surface area contributed by atoms with Gasteiger partial charge in [0.1, 0.15) is 0 Å². The number of nitrogens with two attached hydrogens (primary N) is 1. The molecule has 38 heavy (non-hydrogen) atoms. The molecule has 0 spiro atoms. The first-order valence-corrected chi connectivity index (χ1v) is 12.5. The zero-order valence-corrected chi connectivity index (χ0v) is 21.4. The summed E-state index contributed by atoms with van der Waals surface area (Å²) in [5.41, 5.74) is 4.60. The Labute approximate surface area is 217 Å². The van der Waals surface area contributed by atoms with Crippen molar-refractivity contribution in [3.05, 3.63) is 40.7 Å². The largest absolute Gasteiger partial charge is 0.453 e. The van der Waals surface area contributed by atoms with E-state index in [1.807, 2.05) is 13.8 Å². The first kappa shape index (κ1) is 26.1. The number of benzene rings is 1. The SMILES string of the molecule is COC(=O)N1C[C@H]2CC(Nc3cc(-n4nc(C(F)(F)F)c5c4CC(C)(C)CC5=O)ccc3C(N)=O)C[C@H]2C1. The number of likely N-dealkylation sites (tertiary alicyclic amines) is 1. The summed E-state index contributed by atoms with van der Waals surface area (Å²) >= 11 is 0. The molecule has 204 valence electrons. The van der Waals surface area contributed by atoms with Gasteiger partial charge >= 0.3 is 12.3 Å². The Morgan fingerprint density at radius 1 is 1.16 bits per heavy atom. The van der Waals surface area contributed by atoms with Crippen molar-refractivity contribution < 1.29 is 32.3 Å². The standard InChI is InChI=1S/C26H30F3N5O4/c1-25(2)9-19-21(20(35)10-25)22(26(27,28)29)32-34(19)16-4-5-17(23(30)36)18(8-16)31-15-6-13-11-33(24(37)38-3)12-14(13)7-15/h4-5,8,13-15,31H,6-7,9-12H2,1-3H3,(H2,30,36)/t13-,14+,15?. The van der Waals surface area contributed by atoms with E-state index in [0.29, 0.717) is 24.5 Å². The summed E-state index contributed by atoms with van der Waals surface area (Å²) in [4.78, 5) is 38.5. The number of carbonyl (C=O) groups is 3. The quantitative estimate of drug-likeness (QED) is 0.613. The molecule has 0 bridgehead atoms. The van der Waals surface area contributed by atoms with Crippen LogP contribution >= 0.6 is 0 Å². The number of hydrogen-bond acceptors (Lipinski definition) is 6. The molecule has 2 aliphatic carbocycles. The van der Waals surface area contributed by atoms with Crippen molar-refractivity contribution in [1.82, 2.24) is 14.7 Å². The van der Waals surface area contributed by atoms with Crippen LogP contribution in [0.4, 0.5) is 23.7 Å².